The van der Waals surface area contributed by atoms with Crippen LogP contribution < -0.4 is 20.1 Å². The van der Waals surface area contributed by atoms with Crippen LogP contribution in [0.15, 0.2) is 73.1 Å². The van der Waals surface area contributed by atoms with E-state index in [1.807, 2.05) is 94.6 Å². The van der Waals surface area contributed by atoms with Gasteiger partial charge in [-0.1, -0.05) is 82.3 Å². The van der Waals surface area contributed by atoms with Crippen molar-refractivity contribution in [1.82, 2.24) is 45.3 Å². The number of carbonyl (C=O) groups is 5. The zero-order valence-electron chi connectivity index (χ0n) is 39.4. The topological polar surface area (TPSA) is 223 Å². The number of imidazole rings is 2. The molecular formula is C50H57N9O10. The summed E-state index contributed by atoms with van der Waals surface area (Å²) in [7, 11) is 2.53. The number of hydrogen-bond acceptors (Lipinski definition) is 12. The van der Waals surface area contributed by atoms with Gasteiger partial charge in [0.1, 0.15) is 29.8 Å². The van der Waals surface area contributed by atoms with Crippen LogP contribution in [-0.2, 0) is 36.9 Å². The number of likely N-dealkylation sites (tertiary alicyclic amines) is 2. The number of nitrogens with zero attached hydrogens (tertiary/aromatic N) is 5. The van der Waals surface area contributed by atoms with E-state index in [1.54, 1.807) is 20.9 Å². The Morgan fingerprint density at radius 1 is 0.754 bits per heavy atom. The van der Waals surface area contributed by atoms with Crippen LogP contribution in [-0.4, -0.2) is 117 Å². The lowest BCUT2D eigenvalue weighted by Gasteiger charge is -2.29. The fourth-order valence-electron chi connectivity index (χ4n) is 9.63. The van der Waals surface area contributed by atoms with Crippen LogP contribution in [0.25, 0.3) is 33.6 Å². The lowest BCUT2D eigenvalue weighted by molar-refractivity contribution is -0.136. The average Bonchev–Trinajstić information content (AvgIpc) is 4.22. The molecule has 5 atom stereocenters. The van der Waals surface area contributed by atoms with Crippen molar-refractivity contribution in [2.75, 3.05) is 34.1 Å². The average molecular weight is 944 g/mol. The van der Waals surface area contributed by atoms with E-state index in [2.05, 4.69) is 20.6 Å². The number of amides is 5. The van der Waals surface area contributed by atoms with E-state index in [0.717, 1.165) is 57.6 Å². The molecule has 0 aliphatic carbocycles. The minimum atomic E-state index is -0.901. The molecule has 4 N–H and O–H groups in total. The van der Waals surface area contributed by atoms with Gasteiger partial charge in [0.05, 0.1) is 57.0 Å². The molecule has 0 saturated carbocycles. The van der Waals surface area contributed by atoms with Gasteiger partial charge in [0.15, 0.2) is 11.5 Å². The summed E-state index contributed by atoms with van der Waals surface area (Å²) in [6, 6.07) is 17.5. The predicted molar refractivity (Wildman–Crippen MR) is 250 cm³/mol. The van der Waals surface area contributed by atoms with Crippen molar-refractivity contribution in [3.8, 4) is 45.1 Å². The second-order valence-electron chi connectivity index (χ2n) is 18.5. The first kappa shape index (κ1) is 46.5. The summed E-state index contributed by atoms with van der Waals surface area (Å²) in [5.74, 6) is 1.60. The molecule has 0 spiro atoms. The van der Waals surface area contributed by atoms with Crippen LogP contribution in [0, 0.1) is 11.8 Å². The highest BCUT2D eigenvalue weighted by Gasteiger charge is 2.44. The van der Waals surface area contributed by atoms with Crippen LogP contribution >= 0.6 is 0 Å². The second kappa shape index (κ2) is 19.6. The molecule has 0 bridgehead atoms. The second-order valence-corrected chi connectivity index (χ2v) is 18.5. The van der Waals surface area contributed by atoms with Crippen molar-refractivity contribution in [2.24, 2.45) is 11.8 Å². The molecule has 9 rings (SSSR count). The van der Waals surface area contributed by atoms with Crippen molar-refractivity contribution in [3.63, 3.8) is 0 Å². The standard InChI is InChI=1S/C50H57N9O10/c1-27(2)41(55-48(62)65-5)46(60)58-19-7-8-38(58)44-51-21-36(53-44)31-13-9-29(10-14-31)30-11-15-32(16-12-30)37-22-52-45(54-37)39-20-34(24-59(39)47(61)42(28(3)4)56-49(63)66-6)69-50(64)57-23-33-17-18-40-43(35(33)25-57)68-26-67-40/h9-18,21-22,27-28,34,38-39,41-42H,7-8,19-20,23-26H2,1-6H3,(H,51,53)(H,52,54)(H,55,62)(H,56,63)/t34-,38+,39?,41+,42+/m1/s1. The molecule has 69 heavy (non-hydrogen) atoms. The Morgan fingerprint density at radius 3 is 2.04 bits per heavy atom. The van der Waals surface area contributed by atoms with Gasteiger partial charge in [-0.2, -0.15) is 0 Å². The number of fused-ring (bicyclic) bond motifs is 3. The van der Waals surface area contributed by atoms with Gasteiger partial charge in [-0.15, -0.1) is 0 Å². The van der Waals surface area contributed by atoms with Gasteiger partial charge in [-0.25, -0.2) is 24.4 Å². The summed E-state index contributed by atoms with van der Waals surface area (Å²) in [6.07, 6.45) is 2.90. The van der Waals surface area contributed by atoms with E-state index in [9.17, 15) is 24.0 Å². The largest absolute Gasteiger partial charge is 0.454 e. The van der Waals surface area contributed by atoms with Crippen molar-refractivity contribution in [1.29, 1.82) is 0 Å². The number of hydrogen-bond donors (Lipinski definition) is 4. The fourth-order valence-corrected chi connectivity index (χ4v) is 9.63. The summed E-state index contributed by atoms with van der Waals surface area (Å²) in [5, 5.41) is 5.38. The Kier molecular flexibility index (Phi) is 13.2. The maximum atomic E-state index is 14.3. The monoisotopic (exact) mass is 943 g/mol. The van der Waals surface area contributed by atoms with E-state index in [1.165, 1.54) is 14.2 Å². The van der Waals surface area contributed by atoms with Gasteiger partial charge in [-0.05, 0) is 53.0 Å². The number of nitrogens with one attached hydrogen (secondary N) is 4. The zero-order valence-corrected chi connectivity index (χ0v) is 39.4. The predicted octanol–water partition coefficient (Wildman–Crippen LogP) is 7.08. The summed E-state index contributed by atoms with van der Waals surface area (Å²) < 4.78 is 26.9. The molecule has 4 aliphatic rings. The van der Waals surface area contributed by atoms with Gasteiger partial charge in [-0.3, -0.25) is 14.5 Å². The minimum Gasteiger partial charge on any atom is -0.454 e. The van der Waals surface area contributed by atoms with Crippen molar-refractivity contribution >= 4 is 30.1 Å². The Morgan fingerprint density at radius 2 is 1.39 bits per heavy atom. The van der Waals surface area contributed by atoms with Crippen LogP contribution in [0.5, 0.6) is 11.5 Å². The summed E-state index contributed by atoms with van der Waals surface area (Å²) in [4.78, 5) is 87.3. The SMILES string of the molecule is COC(=O)N[C@H](C(=O)N1C[C@H](OC(=O)N2Cc3ccc4c(c3C2)OCO4)CC1c1ncc(-c2ccc(-c3ccc(-c4c[nH]c([C@@H]5CCCN5C(=O)[C@@H](NC(=O)OC)C(C)C)n4)cc3)cc2)[nH]1)C(C)C. The normalized spacial score (nSPS) is 19.1. The quantitative estimate of drug-likeness (QED) is 0.0922. The fraction of sp³-hybridized carbons (Fsp3) is 0.420. The lowest BCUT2D eigenvalue weighted by atomic mass is 10.0. The number of methoxy groups -OCH3 is 2. The number of rotatable bonds is 12. The Labute approximate surface area is 399 Å². The molecule has 4 aliphatic heterocycles. The highest BCUT2D eigenvalue weighted by Crippen LogP contribution is 2.42. The number of aromatic nitrogens is 4. The minimum absolute atomic E-state index is 0.0932. The molecule has 2 fully saturated rings. The Bertz CT molecular complexity index is 2720. The zero-order chi connectivity index (χ0) is 48.5. The van der Waals surface area contributed by atoms with Crippen molar-refractivity contribution in [3.05, 3.63) is 95.8 Å². The first-order chi connectivity index (χ1) is 33.3. The summed E-state index contributed by atoms with van der Waals surface area (Å²) >= 11 is 0. The molecule has 5 amide bonds. The van der Waals surface area contributed by atoms with E-state index in [-0.39, 0.29) is 49.5 Å². The van der Waals surface area contributed by atoms with Gasteiger partial charge in [0.2, 0.25) is 18.6 Å². The van der Waals surface area contributed by atoms with Gasteiger partial charge >= 0.3 is 18.3 Å². The number of H-pyrrole nitrogens is 2. The van der Waals surface area contributed by atoms with Crippen LogP contribution in [0.3, 0.4) is 0 Å². The van der Waals surface area contributed by atoms with Crippen molar-refractivity contribution in [2.45, 2.75) is 90.3 Å². The third-order valence-corrected chi connectivity index (χ3v) is 13.4. The highest BCUT2D eigenvalue weighted by molar-refractivity contribution is 5.87. The van der Waals surface area contributed by atoms with Crippen molar-refractivity contribution < 1.29 is 47.7 Å². The van der Waals surface area contributed by atoms with E-state index >= 15 is 0 Å². The molecule has 362 valence electrons. The number of benzene rings is 3. The van der Waals surface area contributed by atoms with Crippen LogP contribution in [0.2, 0.25) is 0 Å². The lowest BCUT2D eigenvalue weighted by Crippen LogP contribution is -2.51. The number of alkyl carbamates (subject to hydrolysis) is 2. The number of aromatic amines is 2. The molecule has 0 radical (unpaired) electrons. The first-order valence-electron chi connectivity index (χ1n) is 23.3. The third kappa shape index (κ3) is 9.49. The van der Waals surface area contributed by atoms with Gasteiger partial charge in [0.25, 0.3) is 0 Å². The molecule has 1 unspecified atom stereocenters. The van der Waals surface area contributed by atoms with Crippen LogP contribution in [0.4, 0.5) is 14.4 Å². The van der Waals surface area contributed by atoms with Crippen LogP contribution in [0.1, 0.15) is 81.8 Å². The highest BCUT2D eigenvalue weighted by atomic mass is 16.7. The molecule has 2 aromatic heterocycles. The van der Waals surface area contributed by atoms with E-state index < -0.39 is 42.5 Å². The molecular weight excluding hydrogens is 887 g/mol. The van der Waals surface area contributed by atoms with E-state index in [0.29, 0.717) is 42.8 Å². The maximum absolute atomic E-state index is 14.3. The Hall–Kier alpha value is -7.57. The Balaban J connectivity index is 0.874. The summed E-state index contributed by atoms with van der Waals surface area (Å²) in [6.45, 7) is 8.91. The third-order valence-electron chi connectivity index (χ3n) is 13.4. The molecule has 3 aromatic carbocycles. The molecule has 5 aromatic rings. The smallest absolute Gasteiger partial charge is 0.410 e. The summed E-state index contributed by atoms with van der Waals surface area (Å²) in [5.41, 5.74) is 7.13. The maximum Gasteiger partial charge on any atom is 0.410 e. The molecule has 6 heterocycles. The van der Waals surface area contributed by atoms with Gasteiger partial charge in [0, 0.05) is 36.8 Å². The molecule has 19 nitrogen and oxygen atoms in total. The van der Waals surface area contributed by atoms with Gasteiger partial charge < -0.3 is 54.1 Å². The molecule has 19 heteroatoms. The number of ether oxygens (including phenoxy) is 5. The first-order valence-corrected chi connectivity index (χ1v) is 23.3. The van der Waals surface area contributed by atoms with E-state index in [4.69, 9.17) is 33.7 Å². The molecule has 2 saturated heterocycles. The number of carbonyl (C=O) groups excluding carboxylic acids is 5.